The number of halogens is 3. The van der Waals surface area contributed by atoms with Crippen LogP contribution in [0.4, 0.5) is 13.2 Å². The Morgan fingerprint density at radius 3 is 2.65 bits per heavy atom. The number of benzene rings is 2. The molecule has 0 unspecified atom stereocenters. The summed E-state index contributed by atoms with van der Waals surface area (Å²) in [7, 11) is 1.31. The molecule has 0 radical (unpaired) electrons. The molecule has 0 saturated heterocycles. The average Bonchev–Trinajstić information content (AvgIpc) is 3.09. The van der Waals surface area contributed by atoms with Gasteiger partial charge in [-0.15, -0.1) is 11.3 Å². The predicted molar refractivity (Wildman–Crippen MR) is 93.1 cm³/mol. The SMILES string of the molecule is COC(=O)c1cccc(-c2csc(Cc3cccc(C(F)(F)F)c3)n2)c1. The Morgan fingerprint density at radius 2 is 1.92 bits per heavy atom. The van der Waals surface area contributed by atoms with Gasteiger partial charge < -0.3 is 4.74 Å². The van der Waals surface area contributed by atoms with E-state index in [1.165, 1.54) is 24.5 Å². The van der Waals surface area contributed by atoms with Crippen molar-refractivity contribution in [3.05, 3.63) is 75.6 Å². The third kappa shape index (κ3) is 4.11. The molecule has 0 aliphatic rings. The first-order valence-corrected chi connectivity index (χ1v) is 8.54. The molecule has 0 amide bonds. The maximum Gasteiger partial charge on any atom is 0.416 e. The summed E-state index contributed by atoms with van der Waals surface area (Å²) in [5.74, 6) is -0.439. The molecule has 26 heavy (non-hydrogen) atoms. The zero-order chi connectivity index (χ0) is 18.7. The molecule has 0 saturated carbocycles. The molecule has 0 aliphatic heterocycles. The van der Waals surface area contributed by atoms with Gasteiger partial charge in [0.05, 0.1) is 28.9 Å². The van der Waals surface area contributed by atoms with E-state index in [2.05, 4.69) is 4.98 Å². The number of nitrogens with zero attached hydrogens (tertiary/aromatic N) is 1. The Hall–Kier alpha value is -2.67. The quantitative estimate of drug-likeness (QED) is 0.586. The van der Waals surface area contributed by atoms with E-state index >= 15 is 0 Å². The van der Waals surface area contributed by atoms with Crippen LogP contribution in [0.3, 0.4) is 0 Å². The number of carbonyl (C=O) groups excluding carboxylic acids is 1. The van der Waals surface area contributed by atoms with Gasteiger partial charge in [0.2, 0.25) is 0 Å². The second-order valence-corrected chi connectivity index (χ2v) is 6.52. The summed E-state index contributed by atoms with van der Waals surface area (Å²) in [5.41, 5.74) is 1.71. The van der Waals surface area contributed by atoms with Crippen molar-refractivity contribution in [1.82, 2.24) is 4.98 Å². The molecule has 1 aromatic heterocycles. The van der Waals surface area contributed by atoms with E-state index in [0.29, 0.717) is 28.2 Å². The number of hydrogen-bond acceptors (Lipinski definition) is 4. The van der Waals surface area contributed by atoms with Crippen LogP contribution in [0.5, 0.6) is 0 Å². The number of methoxy groups -OCH3 is 1. The third-order valence-corrected chi connectivity index (χ3v) is 4.59. The molecule has 134 valence electrons. The lowest BCUT2D eigenvalue weighted by Crippen LogP contribution is -2.05. The largest absolute Gasteiger partial charge is 0.465 e. The summed E-state index contributed by atoms with van der Waals surface area (Å²) in [6.07, 6.45) is -4.05. The minimum atomic E-state index is -4.36. The van der Waals surface area contributed by atoms with Gasteiger partial charge in [-0.3, -0.25) is 0 Å². The predicted octanol–water partition coefficient (Wildman–Crippen LogP) is 5.21. The Morgan fingerprint density at radius 1 is 1.15 bits per heavy atom. The molecule has 1 heterocycles. The van der Waals surface area contributed by atoms with Crippen LogP contribution in [0.25, 0.3) is 11.3 Å². The number of carbonyl (C=O) groups is 1. The Bertz CT molecular complexity index is 934. The highest BCUT2D eigenvalue weighted by molar-refractivity contribution is 7.10. The molecular formula is C19H14F3NO2S. The number of thiazole rings is 1. The highest BCUT2D eigenvalue weighted by Crippen LogP contribution is 2.30. The van der Waals surface area contributed by atoms with E-state index in [1.54, 1.807) is 24.3 Å². The molecule has 2 aromatic carbocycles. The highest BCUT2D eigenvalue weighted by Gasteiger charge is 2.30. The van der Waals surface area contributed by atoms with Gasteiger partial charge in [-0.05, 0) is 23.8 Å². The zero-order valence-corrected chi connectivity index (χ0v) is 14.5. The number of ether oxygens (including phenoxy) is 1. The van der Waals surface area contributed by atoms with Crippen LogP contribution in [0.2, 0.25) is 0 Å². The fourth-order valence-corrected chi connectivity index (χ4v) is 3.32. The van der Waals surface area contributed by atoms with Gasteiger partial charge in [-0.2, -0.15) is 13.2 Å². The van der Waals surface area contributed by atoms with Crippen LogP contribution in [0.1, 0.15) is 26.5 Å². The standard InChI is InChI=1S/C19H14F3NO2S/c1-25-18(24)14-6-3-5-13(10-14)16-11-26-17(23-16)9-12-4-2-7-15(8-12)19(20,21)22/h2-8,10-11H,9H2,1H3. The van der Waals surface area contributed by atoms with Crippen molar-refractivity contribution in [2.75, 3.05) is 7.11 Å². The van der Waals surface area contributed by atoms with Crippen molar-refractivity contribution in [2.24, 2.45) is 0 Å². The average molecular weight is 377 g/mol. The summed E-state index contributed by atoms with van der Waals surface area (Å²) in [6.45, 7) is 0. The Balaban J connectivity index is 1.82. The second kappa shape index (κ2) is 7.29. The molecule has 0 spiro atoms. The van der Waals surface area contributed by atoms with Crippen LogP contribution in [-0.2, 0) is 17.3 Å². The van der Waals surface area contributed by atoms with Crippen LogP contribution in [0, 0.1) is 0 Å². The van der Waals surface area contributed by atoms with Crippen LogP contribution in [0.15, 0.2) is 53.9 Å². The van der Waals surface area contributed by atoms with Gasteiger partial charge >= 0.3 is 12.1 Å². The van der Waals surface area contributed by atoms with Crippen molar-refractivity contribution in [1.29, 1.82) is 0 Å². The summed E-state index contributed by atoms with van der Waals surface area (Å²) in [5, 5.41) is 2.52. The summed E-state index contributed by atoms with van der Waals surface area (Å²) < 4.78 is 43.1. The molecule has 7 heteroatoms. The molecule has 3 nitrogen and oxygen atoms in total. The molecule has 0 fully saturated rings. The summed E-state index contributed by atoms with van der Waals surface area (Å²) in [6, 6.07) is 12.1. The van der Waals surface area contributed by atoms with E-state index in [1.807, 2.05) is 11.4 Å². The monoisotopic (exact) mass is 377 g/mol. The molecule has 3 aromatic rings. The first-order chi connectivity index (χ1) is 12.4. The van der Waals surface area contributed by atoms with E-state index in [-0.39, 0.29) is 0 Å². The second-order valence-electron chi connectivity index (χ2n) is 5.57. The van der Waals surface area contributed by atoms with Gasteiger partial charge in [0.15, 0.2) is 0 Å². The number of aromatic nitrogens is 1. The lowest BCUT2D eigenvalue weighted by Gasteiger charge is -2.07. The van der Waals surface area contributed by atoms with Crippen molar-refractivity contribution >= 4 is 17.3 Å². The maximum absolute atomic E-state index is 12.8. The summed E-state index contributed by atoms with van der Waals surface area (Å²) >= 11 is 1.36. The van der Waals surface area contributed by atoms with Gasteiger partial charge in [0.25, 0.3) is 0 Å². The zero-order valence-electron chi connectivity index (χ0n) is 13.7. The first kappa shape index (κ1) is 18.1. The fourth-order valence-electron chi connectivity index (χ4n) is 2.48. The summed E-state index contributed by atoms with van der Waals surface area (Å²) in [4.78, 5) is 16.1. The molecule has 3 rings (SSSR count). The maximum atomic E-state index is 12.8. The topological polar surface area (TPSA) is 39.2 Å². The fraction of sp³-hybridized carbons (Fsp3) is 0.158. The normalized spacial score (nSPS) is 11.4. The van der Waals surface area contributed by atoms with Crippen LogP contribution >= 0.6 is 11.3 Å². The van der Waals surface area contributed by atoms with E-state index in [4.69, 9.17) is 4.74 Å². The number of alkyl halides is 3. The number of hydrogen-bond donors (Lipinski definition) is 0. The van der Waals surface area contributed by atoms with E-state index < -0.39 is 17.7 Å². The Kier molecular flexibility index (Phi) is 5.08. The lowest BCUT2D eigenvalue weighted by atomic mass is 10.1. The smallest absolute Gasteiger partial charge is 0.416 e. The highest BCUT2D eigenvalue weighted by atomic mass is 32.1. The van der Waals surface area contributed by atoms with E-state index in [0.717, 1.165) is 17.7 Å². The first-order valence-electron chi connectivity index (χ1n) is 7.66. The van der Waals surface area contributed by atoms with Crippen molar-refractivity contribution in [3.8, 4) is 11.3 Å². The van der Waals surface area contributed by atoms with Crippen LogP contribution in [-0.4, -0.2) is 18.1 Å². The van der Waals surface area contributed by atoms with Crippen LogP contribution < -0.4 is 0 Å². The van der Waals surface area contributed by atoms with Crippen molar-refractivity contribution in [3.63, 3.8) is 0 Å². The minimum Gasteiger partial charge on any atom is -0.465 e. The number of esters is 1. The number of rotatable bonds is 4. The molecule has 0 bridgehead atoms. The molecular weight excluding hydrogens is 363 g/mol. The minimum absolute atomic E-state index is 0.311. The molecule has 0 atom stereocenters. The Labute approximate surface area is 152 Å². The van der Waals surface area contributed by atoms with E-state index in [9.17, 15) is 18.0 Å². The molecule has 0 aliphatic carbocycles. The molecule has 0 N–H and O–H groups in total. The van der Waals surface area contributed by atoms with Gasteiger partial charge in [0.1, 0.15) is 0 Å². The van der Waals surface area contributed by atoms with Crippen molar-refractivity contribution < 1.29 is 22.7 Å². The van der Waals surface area contributed by atoms with Gasteiger partial charge in [-0.1, -0.05) is 30.3 Å². The van der Waals surface area contributed by atoms with Crippen molar-refractivity contribution in [2.45, 2.75) is 12.6 Å². The van der Waals surface area contributed by atoms with Gasteiger partial charge in [0, 0.05) is 17.4 Å². The van der Waals surface area contributed by atoms with Gasteiger partial charge in [-0.25, -0.2) is 9.78 Å². The lowest BCUT2D eigenvalue weighted by molar-refractivity contribution is -0.137. The third-order valence-electron chi connectivity index (χ3n) is 3.74.